The van der Waals surface area contributed by atoms with E-state index in [-0.39, 0.29) is 17.8 Å². The lowest BCUT2D eigenvalue weighted by Gasteiger charge is -2.32. The van der Waals surface area contributed by atoms with Crippen molar-refractivity contribution in [1.82, 2.24) is 14.5 Å². The van der Waals surface area contributed by atoms with Gasteiger partial charge in [0.15, 0.2) is 5.82 Å². The average Bonchev–Trinajstić information content (AvgIpc) is 3.43. The number of nitrogens with zero attached hydrogens (tertiary/aromatic N) is 3. The van der Waals surface area contributed by atoms with E-state index in [2.05, 4.69) is 4.98 Å². The molecule has 3 heterocycles. The number of ether oxygens (including phenoxy) is 2. The van der Waals surface area contributed by atoms with Gasteiger partial charge in [0.2, 0.25) is 5.78 Å². The first-order valence-electron chi connectivity index (χ1n) is 11.4. The van der Waals surface area contributed by atoms with Gasteiger partial charge in [0, 0.05) is 25.6 Å². The van der Waals surface area contributed by atoms with E-state index in [0.717, 1.165) is 16.8 Å². The summed E-state index contributed by atoms with van der Waals surface area (Å²) in [5.41, 5.74) is 1.17. The minimum Gasteiger partial charge on any atom is -0.467 e. The van der Waals surface area contributed by atoms with Crippen molar-refractivity contribution in [2.75, 3.05) is 19.7 Å². The number of rotatable bonds is 7. The molecule has 8 nitrogen and oxygen atoms in total. The number of amides is 1. The van der Waals surface area contributed by atoms with Crippen LogP contribution in [0.25, 0.3) is 11.0 Å². The largest absolute Gasteiger partial charge is 0.467 e. The lowest BCUT2D eigenvalue weighted by molar-refractivity contribution is 0.0181. The van der Waals surface area contributed by atoms with Gasteiger partial charge < -0.3 is 23.4 Å². The zero-order valence-electron chi connectivity index (χ0n) is 19.5. The maximum absolute atomic E-state index is 13.4. The lowest BCUT2D eigenvalue weighted by atomic mass is 9.92. The second kappa shape index (κ2) is 9.79. The molecular formula is C25H31N3O5. The topological polar surface area (TPSA) is 86.8 Å². The first-order chi connectivity index (χ1) is 15.8. The maximum Gasteiger partial charge on any atom is 0.410 e. The quantitative estimate of drug-likeness (QED) is 0.381. The van der Waals surface area contributed by atoms with Gasteiger partial charge in [-0.2, -0.15) is 0 Å². The van der Waals surface area contributed by atoms with Crippen molar-refractivity contribution in [3.63, 3.8) is 0 Å². The smallest absolute Gasteiger partial charge is 0.410 e. The van der Waals surface area contributed by atoms with Crippen molar-refractivity contribution in [2.45, 2.75) is 52.4 Å². The molecule has 33 heavy (non-hydrogen) atoms. The molecule has 0 aliphatic carbocycles. The zero-order valence-corrected chi connectivity index (χ0v) is 19.5. The molecule has 0 radical (unpaired) electrons. The summed E-state index contributed by atoms with van der Waals surface area (Å²) in [4.78, 5) is 32.1. The number of para-hydroxylation sites is 2. The lowest BCUT2D eigenvalue weighted by Crippen LogP contribution is -2.43. The van der Waals surface area contributed by atoms with Crippen molar-refractivity contribution >= 4 is 22.9 Å². The fourth-order valence-corrected chi connectivity index (χ4v) is 4.05. The number of hydrogen-bond acceptors (Lipinski definition) is 6. The summed E-state index contributed by atoms with van der Waals surface area (Å²) < 4.78 is 18.5. The van der Waals surface area contributed by atoms with E-state index in [4.69, 9.17) is 13.9 Å². The predicted molar refractivity (Wildman–Crippen MR) is 123 cm³/mol. The van der Waals surface area contributed by atoms with Crippen LogP contribution in [0.5, 0.6) is 0 Å². The molecule has 1 saturated heterocycles. The summed E-state index contributed by atoms with van der Waals surface area (Å²) in [6.45, 7) is 7.87. The van der Waals surface area contributed by atoms with Crippen molar-refractivity contribution in [1.29, 1.82) is 0 Å². The third-order valence-corrected chi connectivity index (χ3v) is 5.68. The Labute approximate surface area is 193 Å². The average molecular weight is 454 g/mol. The molecule has 1 aliphatic heterocycles. The number of benzene rings is 1. The van der Waals surface area contributed by atoms with E-state index in [0.29, 0.717) is 51.5 Å². The number of piperidine rings is 1. The molecule has 0 saturated carbocycles. The molecule has 0 N–H and O–H groups in total. The molecule has 0 unspecified atom stereocenters. The Bertz CT molecular complexity index is 1090. The number of Topliss-reactive ketones (excluding diaryl/α,β-unsaturated/α-hetero) is 1. The maximum atomic E-state index is 13.4. The number of hydrogen-bond donors (Lipinski definition) is 0. The van der Waals surface area contributed by atoms with Crippen LogP contribution >= 0.6 is 0 Å². The summed E-state index contributed by atoms with van der Waals surface area (Å²) in [5.74, 6) is 1.05. The standard InChI is InChI=1S/C25H31N3O5/c1-25(2,3)33-24(30)27-12-10-18(11-13-27)22(29)23-26-20-8-4-5-9-21(20)28(23)14-16-31-17-19-7-6-15-32-19/h4-9,15,18H,10-14,16-17H2,1-3H3. The van der Waals surface area contributed by atoms with Gasteiger partial charge in [0.25, 0.3) is 0 Å². The van der Waals surface area contributed by atoms with Gasteiger partial charge in [0.1, 0.15) is 18.0 Å². The van der Waals surface area contributed by atoms with Gasteiger partial charge in [-0.1, -0.05) is 12.1 Å². The molecular weight excluding hydrogens is 422 g/mol. The first-order valence-corrected chi connectivity index (χ1v) is 11.4. The highest BCUT2D eigenvalue weighted by atomic mass is 16.6. The Morgan fingerprint density at radius 3 is 2.58 bits per heavy atom. The molecule has 8 heteroatoms. The molecule has 0 spiro atoms. The molecule has 1 aromatic carbocycles. The Kier molecular flexibility index (Phi) is 6.83. The highest BCUT2D eigenvalue weighted by molar-refractivity contribution is 5.98. The van der Waals surface area contributed by atoms with E-state index in [1.807, 2.05) is 61.7 Å². The van der Waals surface area contributed by atoms with E-state index >= 15 is 0 Å². The Morgan fingerprint density at radius 1 is 1.12 bits per heavy atom. The minimum atomic E-state index is -0.534. The third-order valence-electron chi connectivity index (χ3n) is 5.68. The van der Waals surface area contributed by atoms with E-state index in [1.54, 1.807) is 11.2 Å². The summed E-state index contributed by atoms with van der Waals surface area (Å²) >= 11 is 0. The molecule has 3 aromatic rings. The molecule has 1 amide bonds. The van der Waals surface area contributed by atoms with Crippen LogP contribution in [0.2, 0.25) is 0 Å². The van der Waals surface area contributed by atoms with Crippen LogP contribution in [0.4, 0.5) is 4.79 Å². The minimum absolute atomic E-state index is 0.0149. The number of fused-ring (bicyclic) bond motifs is 1. The monoisotopic (exact) mass is 453 g/mol. The highest BCUT2D eigenvalue weighted by Gasteiger charge is 2.32. The van der Waals surface area contributed by atoms with Crippen LogP contribution in [-0.2, 0) is 22.6 Å². The molecule has 0 atom stereocenters. The normalized spacial score (nSPS) is 15.2. The number of aromatic nitrogens is 2. The van der Waals surface area contributed by atoms with E-state index in [9.17, 15) is 9.59 Å². The van der Waals surface area contributed by atoms with Crippen molar-refractivity contribution in [3.05, 3.63) is 54.2 Å². The third kappa shape index (κ3) is 5.63. The predicted octanol–water partition coefficient (Wildman–Crippen LogP) is 4.68. The molecule has 1 fully saturated rings. The number of ketones is 1. The Hall–Kier alpha value is -3.13. The highest BCUT2D eigenvalue weighted by Crippen LogP contribution is 2.25. The second-order valence-electron chi connectivity index (χ2n) is 9.31. The molecule has 176 valence electrons. The number of imidazole rings is 1. The van der Waals surface area contributed by atoms with E-state index < -0.39 is 5.60 Å². The zero-order chi connectivity index (χ0) is 23.4. The van der Waals surface area contributed by atoms with Gasteiger partial charge >= 0.3 is 6.09 Å². The summed E-state index contributed by atoms with van der Waals surface area (Å²) in [6, 6.07) is 11.4. The number of carbonyl (C=O) groups excluding carboxylic acids is 2. The van der Waals surface area contributed by atoms with Gasteiger partial charge in [-0.25, -0.2) is 9.78 Å². The van der Waals surface area contributed by atoms with Gasteiger partial charge in [-0.05, 0) is 57.9 Å². The number of likely N-dealkylation sites (tertiary alicyclic amines) is 1. The van der Waals surface area contributed by atoms with Crippen LogP contribution < -0.4 is 0 Å². The fourth-order valence-electron chi connectivity index (χ4n) is 4.05. The van der Waals surface area contributed by atoms with Crippen LogP contribution in [0, 0.1) is 5.92 Å². The molecule has 2 aromatic heterocycles. The number of carbonyl (C=O) groups is 2. The van der Waals surface area contributed by atoms with Gasteiger partial charge in [0.05, 0.1) is 23.9 Å². The van der Waals surface area contributed by atoms with Crippen molar-refractivity contribution < 1.29 is 23.5 Å². The Balaban J connectivity index is 1.42. The van der Waals surface area contributed by atoms with Crippen LogP contribution in [0.15, 0.2) is 47.1 Å². The van der Waals surface area contributed by atoms with Crippen molar-refractivity contribution in [2.24, 2.45) is 5.92 Å². The molecule has 0 bridgehead atoms. The van der Waals surface area contributed by atoms with Crippen LogP contribution in [0.1, 0.15) is 50.0 Å². The summed E-state index contributed by atoms with van der Waals surface area (Å²) in [6.07, 6.45) is 2.48. The summed E-state index contributed by atoms with van der Waals surface area (Å²) in [5, 5.41) is 0. The van der Waals surface area contributed by atoms with Gasteiger partial charge in [-0.3, -0.25) is 4.79 Å². The van der Waals surface area contributed by atoms with Crippen LogP contribution in [-0.4, -0.2) is 51.6 Å². The van der Waals surface area contributed by atoms with Crippen LogP contribution in [0.3, 0.4) is 0 Å². The fraction of sp³-hybridized carbons (Fsp3) is 0.480. The summed E-state index contributed by atoms with van der Waals surface area (Å²) in [7, 11) is 0. The van der Waals surface area contributed by atoms with E-state index in [1.165, 1.54) is 0 Å². The second-order valence-corrected chi connectivity index (χ2v) is 9.31. The molecule has 1 aliphatic rings. The SMILES string of the molecule is CC(C)(C)OC(=O)N1CCC(C(=O)c2nc3ccccc3n2CCOCc2ccco2)CC1. The molecule has 4 rings (SSSR count). The van der Waals surface area contributed by atoms with Gasteiger partial charge in [-0.15, -0.1) is 0 Å². The first kappa shape index (κ1) is 23.0. The van der Waals surface area contributed by atoms with Crippen molar-refractivity contribution in [3.8, 4) is 0 Å². The Morgan fingerprint density at radius 2 is 1.88 bits per heavy atom. The number of furan rings is 1.